The molecule has 4 heterocycles. The molecule has 0 radical (unpaired) electrons. The zero-order valence-electron chi connectivity index (χ0n) is 19.3. The number of benzene rings is 1. The first-order valence-corrected chi connectivity index (χ1v) is 13.3. The summed E-state index contributed by atoms with van der Waals surface area (Å²) in [7, 11) is -3.51. The standard InChI is InChI=1S/C26H27N3O5S/c30-24-10-21(15-28-9-7-19-4-1-2-5-20(19)14-28)33-16-25(24)34-22-11-26(12-22)17-29(18-26)35(31,32)23-6-3-8-27-13-23/h1-6,8,10,13,16,22H,7,9,11-12,14-15,17-18H2. The molecule has 8 nitrogen and oxygen atoms in total. The third kappa shape index (κ3) is 4.28. The van der Waals surface area contributed by atoms with Crippen molar-refractivity contribution in [3.8, 4) is 5.75 Å². The lowest BCUT2D eigenvalue weighted by Crippen LogP contribution is -2.65. The summed E-state index contributed by atoms with van der Waals surface area (Å²) >= 11 is 0. The van der Waals surface area contributed by atoms with Crippen LogP contribution < -0.4 is 10.2 Å². The minimum atomic E-state index is -3.51. The molecule has 0 unspecified atom stereocenters. The lowest BCUT2D eigenvalue weighted by molar-refractivity contribution is -0.0878. The van der Waals surface area contributed by atoms with Crippen LogP contribution in [-0.4, -0.2) is 48.3 Å². The van der Waals surface area contributed by atoms with E-state index in [1.807, 2.05) is 0 Å². The number of nitrogens with zero attached hydrogens (tertiary/aromatic N) is 3. The van der Waals surface area contributed by atoms with Crippen LogP contribution in [0.25, 0.3) is 0 Å². The summed E-state index contributed by atoms with van der Waals surface area (Å²) in [5.41, 5.74) is 2.46. The molecule has 0 amide bonds. The molecule has 1 spiro atoms. The second kappa shape index (κ2) is 8.58. The maximum Gasteiger partial charge on any atom is 0.244 e. The van der Waals surface area contributed by atoms with Gasteiger partial charge in [-0.1, -0.05) is 24.3 Å². The van der Waals surface area contributed by atoms with Gasteiger partial charge in [0.05, 0.1) is 6.54 Å². The molecule has 1 saturated heterocycles. The van der Waals surface area contributed by atoms with Crippen molar-refractivity contribution in [1.29, 1.82) is 0 Å². The molecule has 2 aliphatic heterocycles. The number of hydrogen-bond donors (Lipinski definition) is 0. The van der Waals surface area contributed by atoms with E-state index in [-0.39, 0.29) is 27.6 Å². The molecule has 182 valence electrons. The number of sulfonamides is 1. The van der Waals surface area contributed by atoms with E-state index in [2.05, 4.69) is 34.1 Å². The summed E-state index contributed by atoms with van der Waals surface area (Å²) in [6.07, 6.45) is 6.68. The molecule has 35 heavy (non-hydrogen) atoms. The summed E-state index contributed by atoms with van der Waals surface area (Å²) in [5, 5.41) is 0. The van der Waals surface area contributed by atoms with Gasteiger partial charge in [0.25, 0.3) is 0 Å². The van der Waals surface area contributed by atoms with Gasteiger partial charge in [-0.05, 0) is 42.5 Å². The molecule has 9 heteroatoms. The first kappa shape index (κ1) is 22.5. The lowest BCUT2D eigenvalue weighted by atomic mass is 9.63. The van der Waals surface area contributed by atoms with Crippen molar-refractivity contribution >= 4 is 10.0 Å². The highest BCUT2D eigenvalue weighted by Crippen LogP contribution is 2.50. The Kier molecular flexibility index (Phi) is 5.51. The van der Waals surface area contributed by atoms with Crippen LogP contribution in [0.5, 0.6) is 5.75 Å². The van der Waals surface area contributed by atoms with Gasteiger partial charge < -0.3 is 9.15 Å². The molecule has 1 saturated carbocycles. The second-order valence-electron chi connectivity index (χ2n) is 9.91. The van der Waals surface area contributed by atoms with Crippen molar-refractivity contribution < 1.29 is 17.6 Å². The normalized spacial score (nSPS) is 20.1. The molecule has 2 aromatic heterocycles. The predicted octanol–water partition coefficient (Wildman–Crippen LogP) is 2.83. The fourth-order valence-corrected chi connectivity index (χ4v) is 7.10. The summed E-state index contributed by atoms with van der Waals surface area (Å²) in [6, 6.07) is 13.2. The summed E-state index contributed by atoms with van der Waals surface area (Å²) < 4.78 is 38.5. The van der Waals surface area contributed by atoms with E-state index >= 15 is 0 Å². The summed E-state index contributed by atoms with van der Waals surface area (Å²) in [4.78, 5) is 19.0. The van der Waals surface area contributed by atoms with Crippen molar-refractivity contribution in [3.05, 3.63) is 88.2 Å². The Morgan fingerprint density at radius 3 is 2.66 bits per heavy atom. The Morgan fingerprint density at radius 1 is 1.11 bits per heavy atom. The van der Waals surface area contributed by atoms with Crippen LogP contribution in [0.1, 0.15) is 29.7 Å². The van der Waals surface area contributed by atoms with Crippen molar-refractivity contribution in [2.45, 2.75) is 43.4 Å². The largest absolute Gasteiger partial charge is 0.483 e. The Morgan fingerprint density at radius 2 is 1.91 bits per heavy atom. The molecule has 3 aromatic rings. The zero-order valence-corrected chi connectivity index (χ0v) is 20.1. The highest BCUT2D eigenvalue weighted by Gasteiger charge is 2.56. The Hall–Kier alpha value is -3.01. The fraction of sp³-hybridized carbons (Fsp3) is 0.385. The van der Waals surface area contributed by atoms with Crippen LogP contribution in [-0.2, 0) is 29.5 Å². The van der Waals surface area contributed by atoms with Gasteiger partial charge in [-0.25, -0.2) is 8.42 Å². The zero-order chi connectivity index (χ0) is 24.0. The number of fused-ring (bicyclic) bond motifs is 1. The van der Waals surface area contributed by atoms with E-state index < -0.39 is 10.0 Å². The van der Waals surface area contributed by atoms with Crippen LogP contribution in [0.4, 0.5) is 0 Å². The van der Waals surface area contributed by atoms with Crippen molar-refractivity contribution in [2.75, 3.05) is 19.6 Å². The Balaban J connectivity index is 1.02. The van der Waals surface area contributed by atoms with Gasteiger partial charge in [0.1, 0.15) is 23.0 Å². The van der Waals surface area contributed by atoms with Crippen LogP contribution >= 0.6 is 0 Å². The van der Waals surface area contributed by atoms with Gasteiger partial charge in [-0.3, -0.25) is 14.7 Å². The average Bonchev–Trinajstić information content (AvgIpc) is 2.81. The first-order valence-electron chi connectivity index (χ1n) is 11.9. The quantitative estimate of drug-likeness (QED) is 0.521. The van der Waals surface area contributed by atoms with E-state index in [4.69, 9.17) is 9.15 Å². The summed E-state index contributed by atoms with van der Waals surface area (Å²) in [5.74, 6) is 0.846. The Bertz CT molecular complexity index is 1390. The maximum atomic E-state index is 12.7. The van der Waals surface area contributed by atoms with E-state index in [0.29, 0.717) is 25.4 Å². The smallest absolute Gasteiger partial charge is 0.244 e. The number of pyridine rings is 1. The van der Waals surface area contributed by atoms with Gasteiger partial charge in [0, 0.05) is 50.1 Å². The van der Waals surface area contributed by atoms with Crippen molar-refractivity contribution in [3.63, 3.8) is 0 Å². The number of aromatic nitrogens is 1. The van der Waals surface area contributed by atoms with Gasteiger partial charge >= 0.3 is 0 Å². The van der Waals surface area contributed by atoms with Gasteiger partial charge in [0.15, 0.2) is 0 Å². The van der Waals surface area contributed by atoms with Gasteiger partial charge in [-0.15, -0.1) is 0 Å². The summed E-state index contributed by atoms with van der Waals surface area (Å²) in [6.45, 7) is 3.29. The third-order valence-corrected chi connectivity index (χ3v) is 9.13. The fourth-order valence-electron chi connectivity index (χ4n) is 5.46. The maximum absolute atomic E-state index is 12.7. The second-order valence-corrected chi connectivity index (χ2v) is 11.9. The molecular weight excluding hydrogens is 466 g/mol. The monoisotopic (exact) mass is 493 g/mol. The molecule has 0 N–H and O–H groups in total. The number of hydrogen-bond acceptors (Lipinski definition) is 7. The number of ether oxygens (including phenoxy) is 1. The Labute approximate surface area is 204 Å². The van der Waals surface area contributed by atoms with Crippen molar-refractivity contribution in [1.82, 2.24) is 14.2 Å². The molecule has 1 aromatic carbocycles. The van der Waals surface area contributed by atoms with E-state index in [9.17, 15) is 13.2 Å². The molecule has 0 atom stereocenters. The van der Waals surface area contributed by atoms with E-state index in [1.54, 1.807) is 18.3 Å². The van der Waals surface area contributed by atoms with Crippen LogP contribution in [0.2, 0.25) is 0 Å². The number of rotatable bonds is 6. The van der Waals surface area contributed by atoms with Crippen LogP contribution in [0, 0.1) is 5.41 Å². The molecule has 6 rings (SSSR count). The average molecular weight is 494 g/mol. The first-order chi connectivity index (χ1) is 16.9. The van der Waals surface area contributed by atoms with Crippen LogP contribution in [0.15, 0.2) is 75.2 Å². The van der Waals surface area contributed by atoms with E-state index in [1.165, 1.54) is 34.0 Å². The molecule has 1 aliphatic carbocycles. The lowest BCUT2D eigenvalue weighted by Gasteiger charge is -2.57. The minimum absolute atomic E-state index is 0.0649. The minimum Gasteiger partial charge on any atom is -0.483 e. The van der Waals surface area contributed by atoms with Gasteiger partial charge in [-0.2, -0.15) is 4.31 Å². The van der Waals surface area contributed by atoms with Crippen molar-refractivity contribution in [2.24, 2.45) is 5.41 Å². The van der Waals surface area contributed by atoms with E-state index in [0.717, 1.165) is 32.4 Å². The third-order valence-electron chi connectivity index (χ3n) is 7.35. The highest BCUT2D eigenvalue weighted by atomic mass is 32.2. The topological polar surface area (TPSA) is 93.0 Å². The molecule has 2 fully saturated rings. The molecule has 0 bridgehead atoms. The molecular formula is C26H27N3O5S. The van der Waals surface area contributed by atoms with Gasteiger partial charge in [0.2, 0.25) is 21.2 Å². The van der Waals surface area contributed by atoms with Crippen LogP contribution in [0.3, 0.4) is 0 Å². The molecule has 3 aliphatic rings. The predicted molar refractivity (Wildman–Crippen MR) is 128 cm³/mol. The highest BCUT2D eigenvalue weighted by molar-refractivity contribution is 7.89. The SMILES string of the molecule is O=c1cc(CN2CCc3ccccc3C2)occ1OC1CC2(C1)CN(S(=O)(=O)c1cccnc1)C2.